The van der Waals surface area contributed by atoms with Gasteiger partial charge in [0.05, 0.1) is 24.6 Å². The summed E-state index contributed by atoms with van der Waals surface area (Å²) >= 11 is 0. The van der Waals surface area contributed by atoms with Gasteiger partial charge >= 0.3 is 0 Å². The first-order valence-corrected chi connectivity index (χ1v) is 5.79. The first kappa shape index (κ1) is 10.6. The Morgan fingerprint density at radius 2 is 2.12 bits per heavy atom. The number of carbonyl (C=O) groups excluding carboxylic acids is 1. The molecule has 5 heteroatoms. The van der Waals surface area contributed by atoms with Gasteiger partial charge in [-0.15, -0.1) is 0 Å². The van der Waals surface area contributed by atoms with Gasteiger partial charge in [0.15, 0.2) is 0 Å². The highest BCUT2D eigenvalue weighted by atomic mass is 16.5. The molecule has 0 spiro atoms. The van der Waals surface area contributed by atoms with Crippen molar-refractivity contribution in [1.29, 1.82) is 0 Å². The Morgan fingerprint density at radius 1 is 1.35 bits per heavy atom. The molecule has 90 valence electrons. The molecule has 1 fully saturated rings. The fraction of sp³-hybridized carbons (Fsp3) is 0.417. The van der Waals surface area contributed by atoms with E-state index in [9.17, 15) is 4.79 Å². The van der Waals surface area contributed by atoms with Gasteiger partial charge in [0.1, 0.15) is 6.04 Å². The largest absolute Gasteiger partial charge is 0.378 e. The molecule has 0 bridgehead atoms. The second-order valence-corrected chi connectivity index (χ2v) is 4.31. The first-order valence-electron chi connectivity index (χ1n) is 5.79. The van der Waals surface area contributed by atoms with Crippen LogP contribution < -0.4 is 16.0 Å². The van der Waals surface area contributed by atoms with Crippen LogP contribution in [0.4, 0.5) is 11.4 Å². The van der Waals surface area contributed by atoms with Crippen LogP contribution >= 0.6 is 0 Å². The normalized spacial score (nSPS) is 23.5. The molecule has 1 aromatic carbocycles. The maximum atomic E-state index is 11.6. The van der Waals surface area contributed by atoms with Crippen LogP contribution in [0.1, 0.15) is 11.6 Å². The molecule has 1 saturated heterocycles. The second-order valence-electron chi connectivity index (χ2n) is 4.31. The number of hydrogen-bond acceptors (Lipinski definition) is 4. The molecule has 1 atom stereocenters. The number of fused-ring (bicyclic) bond motifs is 1. The van der Waals surface area contributed by atoms with Gasteiger partial charge in [-0.2, -0.15) is 0 Å². The number of carbonyl (C=O) groups is 1. The lowest BCUT2D eigenvalue weighted by atomic mass is 10.1. The minimum Gasteiger partial charge on any atom is -0.378 e. The Bertz CT molecular complexity index is 455. The Labute approximate surface area is 99.5 Å². The van der Waals surface area contributed by atoms with Crippen LogP contribution in [0.15, 0.2) is 18.2 Å². The number of nitrogens with two attached hydrogens (primary N) is 1. The van der Waals surface area contributed by atoms with Crippen molar-refractivity contribution >= 4 is 17.3 Å². The smallest absolute Gasteiger partial charge is 0.246 e. The van der Waals surface area contributed by atoms with Crippen LogP contribution in [0.2, 0.25) is 0 Å². The number of amides is 1. The van der Waals surface area contributed by atoms with Crippen LogP contribution in [0.5, 0.6) is 0 Å². The molecular weight excluding hydrogens is 218 g/mol. The molecule has 3 rings (SSSR count). The average molecular weight is 233 g/mol. The lowest BCUT2D eigenvalue weighted by Crippen LogP contribution is -2.36. The van der Waals surface area contributed by atoms with E-state index in [-0.39, 0.29) is 5.91 Å². The Balaban J connectivity index is 1.99. The van der Waals surface area contributed by atoms with Gasteiger partial charge in [0.25, 0.3) is 0 Å². The van der Waals surface area contributed by atoms with E-state index >= 15 is 0 Å². The van der Waals surface area contributed by atoms with Crippen molar-refractivity contribution in [1.82, 2.24) is 0 Å². The van der Waals surface area contributed by atoms with Crippen LogP contribution in [-0.2, 0) is 9.53 Å². The van der Waals surface area contributed by atoms with Crippen molar-refractivity contribution in [2.45, 2.75) is 6.04 Å². The van der Waals surface area contributed by atoms with Gasteiger partial charge in [-0.1, -0.05) is 12.1 Å². The third kappa shape index (κ3) is 1.67. The molecule has 0 saturated carbocycles. The molecule has 0 aromatic heterocycles. The molecule has 0 aliphatic carbocycles. The monoisotopic (exact) mass is 233 g/mol. The third-order valence-corrected chi connectivity index (χ3v) is 3.29. The van der Waals surface area contributed by atoms with Crippen molar-refractivity contribution < 1.29 is 9.53 Å². The highest BCUT2D eigenvalue weighted by Crippen LogP contribution is 2.37. The van der Waals surface area contributed by atoms with E-state index in [4.69, 9.17) is 10.5 Å². The predicted octanol–water partition coefficient (Wildman–Crippen LogP) is 0.475. The fourth-order valence-corrected chi connectivity index (χ4v) is 2.36. The average Bonchev–Trinajstić information content (AvgIpc) is 2.67. The fourth-order valence-electron chi connectivity index (χ4n) is 2.36. The molecule has 5 nitrogen and oxygen atoms in total. The van der Waals surface area contributed by atoms with Gasteiger partial charge in [-0.25, -0.2) is 0 Å². The molecule has 3 N–H and O–H groups in total. The highest BCUT2D eigenvalue weighted by Gasteiger charge is 2.30. The second kappa shape index (κ2) is 4.01. The summed E-state index contributed by atoms with van der Waals surface area (Å²) < 4.78 is 5.33. The molecule has 2 heterocycles. The van der Waals surface area contributed by atoms with E-state index in [0.29, 0.717) is 0 Å². The number of benzene rings is 1. The number of nitrogens with zero attached hydrogens (tertiary/aromatic N) is 1. The van der Waals surface area contributed by atoms with Crippen LogP contribution in [0, 0.1) is 0 Å². The Morgan fingerprint density at radius 3 is 2.88 bits per heavy atom. The van der Waals surface area contributed by atoms with Gasteiger partial charge in [-0.3, -0.25) is 4.79 Å². The number of ether oxygens (including phenoxy) is 1. The molecule has 1 amide bonds. The first-order chi connectivity index (χ1) is 8.27. The van der Waals surface area contributed by atoms with E-state index < -0.39 is 6.04 Å². The molecular formula is C12H15N3O2. The van der Waals surface area contributed by atoms with E-state index in [2.05, 4.69) is 10.2 Å². The van der Waals surface area contributed by atoms with E-state index in [1.54, 1.807) is 0 Å². The van der Waals surface area contributed by atoms with E-state index in [1.807, 2.05) is 18.2 Å². The summed E-state index contributed by atoms with van der Waals surface area (Å²) in [7, 11) is 0. The topological polar surface area (TPSA) is 67.6 Å². The minimum atomic E-state index is -0.536. The summed E-state index contributed by atoms with van der Waals surface area (Å²) in [5.41, 5.74) is 8.64. The molecule has 0 radical (unpaired) electrons. The van der Waals surface area contributed by atoms with Crippen molar-refractivity contribution in [2.24, 2.45) is 5.73 Å². The van der Waals surface area contributed by atoms with E-state index in [0.717, 1.165) is 43.2 Å². The summed E-state index contributed by atoms with van der Waals surface area (Å²) in [5.74, 6) is -0.124. The quantitative estimate of drug-likeness (QED) is 0.740. The SMILES string of the molecule is NC1C(=O)Nc2c1cccc2N1CCOCC1. The number of nitrogens with one attached hydrogen (secondary N) is 1. The Hall–Kier alpha value is -1.59. The molecule has 1 aromatic rings. The number of hydrogen-bond donors (Lipinski definition) is 2. The van der Waals surface area contributed by atoms with Gasteiger partial charge < -0.3 is 20.7 Å². The van der Waals surface area contributed by atoms with Crippen LogP contribution in [-0.4, -0.2) is 32.2 Å². The van der Waals surface area contributed by atoms with Crippen molar-refractivity contribution in [2.75, 3.05) is 36.5 Å². The lowest BCUT2D eigenvalue weighted by molar-refractivity contribution is -0.116. The molecule has 2 aliphatic rings. The van der Waals surface area contributed by atoms with Crippen molar-refractivity contribution in [3.8, 4) is 0 Å². The summed E-state index contributed by atoms with van der Waals surface area (Å²) in [5, 5.41) is 2.87. The predicted molar refractivity (Wildman–Crippen MR) is 65.0 cm³/mol. The Kier molecular flexibility index (Phi) is 2.49. The zero-order valence-corrected chi connectivity index (χ0v) is 9.48. The summed E-state index contributed by atoms with van der Waals surface area (Å²) in [6, 6.07) is 5.33. The zero-order chi connectivity index (χ0) is 11.8. The van der Waals surface area contributed by atoms with Crippen LogP contribution in [0.25, 0.3) is 0 Å². The van der Waals surface area contributed by atoms with Crippen LogP contribution in [0.3, 0.4) is 0 Å². The number of para-hydroxylation sites is 1. The number of morpholine rings is 1. The summed E-state index contributed by atoms with van der Waals surface area (Å²) in [4.78, 5) is 13.8. The standard InChI is InChI=1S/C12H15N3O2/c13-10-8-2-1-3-9(11(8)14-12(10)16)15-4-6-17-7-5-15/h1-3,10H,4-7,13H2,(H,14,16). The zero-order valence-electron chi connectivity index (χ0n) is 9.48. The summed E-state index contributed by atoms with van der Waals surface area (Å²) in [6.45, 7) is 3.15. The summed E-state index contributed by atoms with van der Waals surface area (Å²) in [6.07, 6.45) is 0. The van der Waals surface area contributed by atoms with Gasteiger partial charge in [-0.05, 0) is 6.07 Å². The maximum absolute atomic E-state index is 11.6. The maximum Gasteiger partial charge on any atom is 0.246 e. The third-order valence-electron chi connectivity index (χ3n) is 3.29. The molecule has 17 heavy (non-hydrogen) atoms. The minimum absolute atomic E-state index is 0.124. The van der Waals surface area contributed by atoms with E-state index in [1.165, 1.54) is 0 Å². The molecule has 2 aliphatic heterocycles. The number of rotatable bonds is 1. The lowest BCUT2D eigenvalue weighted by Gasteiger charge is -2.30. The van der Waals surface area contributed by atoms with Gasteiger partial charge in [0, 0.05) is 18.7 Å². The highest BCUT2D eigenvalue weighted by molar-refractivity contribution is 6.05. The van der Waals surface area contributed by atoms with Gasteiger partial charge in [0.2, 0.25) is 5.91 Å². The van der Waals surface area contributed by atoms with Crippen molar-refractivity contribution in [3.05, 3.63) is 23.8 Å². The number of anilines is 2. The molecule has 1 unspecified atom stereocenters. The van der Waals surface area contributed by atoms with Crippen molar-refractivity contribution in [3.63, 3.8) is 0 Å².